The number of H-pyrrole nitrogens is 2. The molecule has 2 aliphatic rings. The monoisotopic (exact) mass is 624 g/mol. The first-order valence-electron chi connectivity index (χ1n) is 15.2. The SMILES string of the molecule is CCC1=C(O)N[C@H](Cc2[nH]c(/C=c3\[nH]/c(=C\[C@@H]4NC(=O)C(C)/C4=C(/C)S)c(C)c3CCC(=O)O)c(CCC(=O)O)c2C)C1C. The predicted molar refractivity (Wildman–Crippen MR) is 173 cm³/mol. The van der Waals surface area contributed by atoms with E-state index in [1.54, 1.807) is 0 Å². The number of aliphatic hydroxyl groups excluding tert-OH is 1. The number of carboxylic acids is 2. The zero-order valence-electron chi connectivity index (χ0n) is 26.2. The van der Waals surface area contributed by atoms with Gasteiger partial charge in [0.15, 0.2) is 5.88 Å². The molecule has 2 aliphatic heterocycles. The van der Waals surface area contributed by atoms with E-state index in [0.29, 0.717) is 19.3 Å². The fourth-order valence-corrected chi connectivity index (χ4v) is 6.99. The van der Waals surface area contributed by atoms with E-state index < -0.39 is 11.9 Å². The Morgan fingerprint density at radius 2 is 1.59 bits per heavy atom. The molecule has 2 unspecified atom stereocenters. The lowest BCUT2D eigenvalue weighted by Gasteiger charge is -2.17. The third kappa shape index (κ3) is 6.77. The molecular formula is C33H44N4O6S. The second-order valence-corrected chi connectivity index (χ2v) is 12.7. The molecule has 1 amide bonds. The van der Waals surface area contributed by atoms with Crippen LogP contribution in [0, 0.1) is 25.7 Å². The molecule has 238 valence electrons. The predicted octanol–water partition coefficient (Wildman–Crippen LogP) is 3.27. The molecular weight excluding hydrogens is 580 g/mol. The highest BCUT2D eigenvalue weighted by molar-refractivity contribution is 7.84. The zero-order valence-corrected chi connectivity index (χ0v) is 27.1. The van der Waals surface area contributed by atoms with Crippen molar-refractivity contribution in [3.63, 3.8) is 0 Å². The maximum Gasteiger partial charge on any atom is 0.303 e. The Labute approximate surface area is 262 Å². The van der Waals surface area contributed by atoms with Crippen molar-refractivity contribution in [1.29, 1.82) is 0 Å². The van der Waals surface area contributed by atoms with Crippen molar-refractivity contribution in [3.05, 3.63) is 66.3 Å². The molecule has 2 aromatic heterocycles. The maximum absolute atomic E-state index is 12.5. The molecule has 44 heavy (non-hydrogen) atoms. The summed E-state index contributed by atoms with van der Waals surface area (Å²) in [6, 6.07) is -0.360. The van der Waals surface area contributed by atoms with Crippen molar-refractivity contribution in [1.82, 2.24) is 20.6 Å². The van der Waals surface area contributed by atoms with Gasteiger partial charge in [-0.05, 0) is 97.4 Å². The third-order valence-corrected chi connectivity index (χ3v) is 9.52. The molecule has 11 heteroatoms. The van der Waals surface area contributed by atoms with E-state index in [1.807, 2.05) is 46.8 Å². The topological polar surface area (TPSA) is 168 Å². The fraction of sp³-hybridized carbons (Fsp3) is 0.485. The molecule has 7 N–H and O–H groups in total. The molecule has 4 heterocycles. The minimum atomic E-state index is -0.906. The Balaban J connectivity index is 1.83. The average Bonchev–Trinajstić information content (AvgIpc) is 3.59. The van der Waals surface area contributed by atoms with Gasteiger partial charge in [-0.3, -0.25) is 14.4 Å². The van der Waals surface area contributed by atoms with Crippen molar-refractivity contribution in [3.8, 4) is 0 Å². The highest BCUT2D eigenvalue weighted by Gasteiger charge is 2.34. The summed E-state index contributed by atoms with van der Waals surface area (Å²) >= 11 is 4.53. The Morgan fingerprint density at radius 3 is 2.16 bits per heavy atom. The molecule has 0 spiro atoms. The number of hydrogen-bond acceptors (Lipinski definition) is 6. The highest BCUT2D eigenvalue weighted by atomic mass is 32.1. The lowest BCUT2D eigenvalue weighted by Crippen LogP contribution is -2.30. The van der Waals surface area contributed by atoms with Crippen LogP contribution in [0.4, 0.5) is 0 Å². The number of aromatic amines is 2. The number of aliphatic carboxylic acids is 2. The molecule has 0 radical (unpaired) electrons. The van der Waals surface area contributed by atoms with Gasteiger partial charge < -0.3 is 35.9 Å². The van der Waals surface area contributed by atoms with Crippen molar-refractivity contribution >= 4 is 42.6 Å². The van der Waals surface area contributed by atoms with Crippen LogP contribution < -0.4 is 21.3 Å². The van der Waals surface area contributed by atoms with Gasteiger partial charge in [-0.2, -0.15) is 0 Å². The Morgan fingerprint density at radius 1 is 0.955 bits per heavy atom. The first kappa shape index (κ1) is 33.0. The molecule has 0 aromatic carbocycles. The van der Waals surface area contributed by atoms with Crippen LogP contribution in [0.15, 0.2) is 21.9 Å². The standard InChI is InChI=1S/C33H44N4O6S/c1-7-20-15(2)25(36-33(20)43)12-23-16(3)21(8-10-29(38)39)26(34-23)14-27-22(9-11-30(40)41)17(4)24(35-27)13-28-31(19(6)44)18(5)32(42)37-28/h13-15,18,25,28,34-36,43-44H,7-12H2,1-6H3,(H,37,42)(H,38,39)(H,40,41)/b24-13-,27-14-,31-19+/t15?,18?,25-,28+/m1/s1. The Kier molecular flexibility index (Phi) is 10.1. The second kappa shape index (κ2) is 13.4. The van der Waals surface area contributed by atoms with Crippen LogP contribution in [-0.4, -0.2) is 55.2 Å². The molecule has 0 aliphatic carbocycles. The summed E-state index contributed by atoms with van der Waals surface area (Å²) in [5.41, 5.74) is 7.18. The molecule has 2 aromatic rings. The zero-order chi connectivity index (χ0) is 32.5. The van der Waals surface area contributed by atoms with Crippen LogP contribution >= 0.6 is 12.6 Å². The van der Waals surface area contributed by atoms with E-state index in [1.165, 1.54) is 0 Å². The third-order valence-electron chi connectivity index (χ3n) is 9.26. The summed E-state index contributed by atoms with van der Waals surface area (Å²) in [4.78, 5) is 43.4. The van der Waals surface area contributed by atoms with Gasteiger partial charge in [0.25, 0.3) is 0 Å². The van der Waals surface area contributed by atoms with Gasteiger partial charge in [-0.1, -0.05) is 13.8 Å². The largest absolute Gasteiger partial charge is 0.495 e. The number of aliphatic hydroxyl groups is 1. The minimum Gasteiger partial charge on any atom is -0.495 e. The van der Waals surface area contributed by atoms with Gasteiger partial charge in [0.1, 0.15) is 0 Å². The summed E-state index contributed by atoms with van der Waals surface area (Å²) in [7, 11) is 0. The number of allylic oxidation sites excluding steroid dienone is 1. The first-order valence-corrected chi connectivity index (χ1v) is 15.6. The van der Waals surface area contributed by atoms with Gasteiger partial charge in [0.05, 0.1) is 12.0 Å². The highest BCUT2D eigenvalue weighted by Crippen LogP contribution is 2.31. The summed E-state index contributed by atoms with van der Waals surface area (Å²) in [6.45, 7) is 11.7. The van der Waals surface area contributed by atoms with Gasteiger partial charge in [-0.15, -0.1) is 12.6 Å². The maximum atomic E-state index is 12.5. The van der Waals surface area contributed by atoms with Crippen LogP contribution in [-0.2, 0) is 33.6 Å². The van der Waals surface area contributed by atoms with E-state index in [0.717, 1.165) is 66.8 Å². The van der Waals surface area contributed by atoms with E-state index >= 15 is 0 Å². The number of carbonyl (C=O) groups is 3. The minimum absolute atomic E-state index is 0.0101. The van der Waals surface area contributed by atoms with Crippen LogP contribution in [0.1, 0.15) is 80.6 Å². The fourth-order valence-electron chi connectivity index (χ4n) is 6.66. The van der Waals surface area contributed by atoms with E-state index in [2.05, 4.69) is 40.2 Å². The molecule has 1 fully saturated rings. The number of carbonyl (C=O) groups excluding carboxylic acids is 1. The van der Waals surface area contributed by atoms with Gasteiger partial charge in [-0.25, -0.2) is 0 Å². The Bertz CT molecular complexity index is 1660. The van der Waals surface area contributed by atoms with Crippen molar-refractivity contribution in [2.24, 2.45) is 11.8 Å². The van der Waals surface area contributed by atoms with Gasteiger partial charge in [0, 0.05) is 53.3 Å². The number of aromatic nitrogens is 2. The Hall–Kier alpha value is -3.86. The molecule has 1 saturated heterocycles. The van der Waals surface area contributed by atoms with Crippen molar-refractivity contribution < 1.29 is 29.7 Å². The lowest BCUT2D eigenvalue weighted by atomic mass is 9.91. The quantitative estimate of drug-likeness (QED) is 0.178. The number of hydrogen-bond donors (Lipinski definition) is 8. The molecule has 0 saturated carbocycles. The van der Waals surface area contributed by atoms with E-state index in [4.69, 9.17) is 0 Å². The van der Waals surface area contributed by atoms with E-state index in [-0.39, 0.29) is 48.6 Å². The number of carboxylic acid groups (broad SMARTS) is 2. The molecule has 4 atom stereocenters. The summed E-state index contributed by atoms with van der Waals surface area (Å²) in [5.74, 6) is -1.80. The number of thiol groups is 1. The van der Waals surface area contributed by atoms with Crippen LogP contribution in [0.5, 0.6) is 0 Å². The summed E-state index contributed by atoms with van der Waals surface area (Å²) in [5, 5.41) is 37.1. The van der Waals surface area contributed by atoms with Crippen LogP contribution in [0.25, 0.3) is 12.2 Å². The second-order valence-electron chi connectivity index (χ2n) is 12.0. The van der Waals surface area contributed by atoms with Crippen LogP contribution in [0.2, 0.25) is 0 Å². The first-order chi connectivity index (χ1) is 20.7. The lowest BCUT2D eigenvalue weighted by molar-refractivity contribution is -0.138. The summed E-state index contributed by atoms with van der Waals surface area (Å²) < 4.78 is 0. The molecule has 0 bridgehead atoms. The van der Waals surface area contributed by atoms with E-state index in [9.17, 15) is 29.7 Å². The van der Waals surface area contributed by atoms with Crippen molar-refractivity contribution in [2.45, 2.75) is 92.2 Å². The molecule has 10 nitrogen and oxygen atoms in total. The smallest absolute Gasteiger partial charge is 0.303 e. The van der Waals surface area contributed by atoms with Gasteiger partial charge >= 0.3 is 11.9 Å². The average molecular weight is 625 g/mol. The van der Waals surface area contributed by atoms with Crippen molar-refractivity contribution in [2.75, 3.05) is 0 Å². The molecule has 4 rings (SSSR count). The van der Waals surface area contributed by atoms with Crippen LogP contribution in [0.3, 0.4) is 0 Å². The number of rotatable bonds is 11. The number of amides is 1. The van der Waals surface area contributed by atoms with Gasteiger partial charge in [0.2, 0.25) is 5.91 Å². The summed E-state index contributed by atoms with van der Waals surface area (Å²) in [6.07, 6.45) is 5.77. The normalized spacial score (nSPS) is 23.8. The number of nitrogens with one attached hydrogen (secondary N) is 4.